The first kappa shape index (κ1) is 14.1. The van der Waals surface area contributed by atoms with E-state index in [0.717, 1.165) is 39.9 Å². The summed E-state index contributed by atoms with van der Waals surface area (Å²) in [5.74, 6) is 0. The summed E-state index contributed by atoms with van der Waals surface area (Å²) in [7, 11) is 1.89. The molecule has 5 heteroatoms. The number of aromatic amines is 1. The Morgan fingerprint density at radius 1 is 1.37 bits per heavy atom. The second kappa shape index (κ2) is 5.75. The Labute approximate surface area is 120 Å². The smallest absolute Gasteiger partial charge is 0.274 e. The number of nitrogens with zero attached hydrogens (tertiary/aromatic N) is 1. The van der Waals surface area contributed by atoms with Gasteiger partial charge in [0.1, 0.15) is 0 Å². The predicted molar refractivity (Wildman–Crippen MR) is 81.2 cm³/mol. The van der Waals surface area contributed by atoms with E-state index in [1.807, 2.05) is 39.1 Å². The Bertz CT molecular complexity index is 643. The zero-order valence-electron chi connectivity index (χ0n) is 11.4. The van der Waals surface area contributed by atoms with Gasteiger partial charge in [0, 0.05) is 15.7 Å². The number of H-pyrrole nitrogens is 1. The minimum atomic E-state index is 0.0310. The molecule has 1 aromatic heterocycles. The quantitative estimate of drug-likeness (QED) is 0.907. The third-order valence-corrected chi connectivity index (χ3v) is 4.09. The van der Waals surface area contributed by atoms with E-state index in [0.29, 0.717) is 0 Å². The molecule has 0 radical (unpaired) electrons. The predicted octanol–water partition coefficient (Wildman–Crippen LogP) is 2.31. The summed E-state index contributed by atoms with van der Waals surface area (Å²) in [6.07, 6.45) is 0.734. The molecule has 0 fully saturated rings. The van der Waals surface area contributed by atoms with E-state index < -0.39 is 0 Å². The monoisotopic (exact) mass is 323 g/mol. The van der Waals surface area contributed by atoms with E-state index in [1.165, 1.54) is 0 Å². The highest BCUT2D eigenvalue weighted by molar-refractivity contribution is 9.10. The Morgan fingerprint density at radius 2 is 2.11 bits per heavy atom. The molecule has 0 spiro atoms. The van der Waals surface area contributed by atoms with Crippen molar-refractivity contribution in [2.75, 3.05) is 13.6 Å². The molecule has 0 bridgehead atoms. The van der Waals surface area contributed by atoms with Gasteiger partial charge in [-0.2, -0.15) is 0 Å². The number of halogens is 1. The van der Waals surface area contributed by atoms with Crippen molar-refractivity contribution in [1.29, 1.82) is 0 Å². The fourth-order valence-corrected chi connectivity index (χ4v) is 2.40. The van der Waals surface area contributed by atoms with Crippen LogP contribution in [-0.4, -0.2) is 23.4 Å². The van der Waals surface area contributed by atoms with Crippen molar-refractivity contribution in [1.82, 2.24) is 15.1 Å². The normalized spacial score (nSPS) is 10.9. The Hall–Kier alpha value is -1.33. The van der Waals surface area contributed by atoms with Gasteiger partial charge < -0.3 is 5.32 Å². The van der Waals surface area contributed by atoms with Gasteiger partial charge in [0.2, 0.25) is 0 Å². The fraction of sp³-hybridized carbons (Fsp3) is 0.357. The number of hydrogen-bond donors (Lipinski definition) is 2. The summed E-state index contributed by atoms with van der Waals surface area (Å²) >= 11 is 3.50. The maximum absolute atomic E-state index is 12.4. The second-order valence-electron chi connectivity index (χ2n) is 4.64. The van der Waals surface area contributed by atoms with Crippen molar-refractivity contribution >= 4 is 15.9 Å². The third-order valence-electron chi connectivity index (χ3n) is 3.23. The van der Waals surface area contributed by atoms with Gasteiger partial charge in [-0.05, 0) is 51.6 Å². The number of nitrogens with one attached hydrogen (secondary N) is 2. The third kappa shape index (κ3) is 2.82. The van der Waals surface area contributed by atoms with Crippen LogP contribution in [0.4, 0.5) is 0 Å². The van der Waals surface area contributed by atoms with Crippen LogP contribution in [0.5, 0.6) is 0 Å². The highest BCUT2D eigenvalue weighted by Gasteiger charge is 2.12. The average Bonchev–Trinajstić information content (AvgIpc) is 2.66. The van der Waals surface area contributed by atoms with Crippen molar-refractivity contribution in [2.45, 2.75) is 20.3 Å². The van der Waals surface area contributed by atoms with Crippen LogP contribution >= 0.6 is 15.9 Å². The molecule has 2 aromatic rings. The van der Waals surface area contributed by atoms with Gasteiger partial charge in [0.15, 0.2) is 0 Å². The molecule has 0 aliphatic rings. The molecule has 2 rings (SSSR count). The van der Waals surface area contributed by atoms with E-state index in [2.05, 4.69) is 26.3 Å². The maximum atomic E-state index is 12.4. The van der Waals surface area contributed by atoms with Gasteiger partial charge in [0.05, 0.1) is 5.69 Å². The fourth-order valence-electron chi connectivity index (χ4n) is 2.03. The van der Waals surface area contributed by atoms with Crippen molar-refractivity contribution in [3.05, 3.63) is 49.8 Å². The molecule has 102 valence electrons. The Kier molecular flexibility index (Phi) is 4.27. The van der Waals surface area contributed by atoms with Gasteiger partial charge in [-0.15, -0.1) is 0 Å². The van der Waals surface area contributed by atoms with Gasteiger partial charge in [-0.25, -0.2) is 4.68 Å². The molecule has 0 saturated carbocycles. The van der Waals surface area contributed by atoms with E-state index in [9.17, 15) is 4.79 Å². The largest absolute Gasteiger partial charge is 0.319 e. The first-order chi connectivity index (χ1) is 9.04. The van der Waals surface area contributed by atoms with Crippen LogP contribution in [0, 0.1) is 13.8 Å². The van der Waals surface area contributed by atoms with Gasteiger partial charge in [-0.3, -0.25) is 9.89 Å². The topological polar surface area (TPSA) is 49.8 Å². The van der Waals surface area contributed by atoms with Crippen molar-refractivity contribution in [3.63, 3.8) is 0 Å². The zero-order chi connectivity index (χ0) is 14.0. The standard InChI is InChI=1S/C14H18BrN3O/c1-9-4-5-11(8-13(9)15)18-14(19)12(6-7-16-3)10(2)17-18/h4-5,8,16-17H,6-7H2,1-3H3. The minimum absolute atomic E-state index is 0.0310. The SMILES string of the molecule is CNCCc1c(C)[nH]n(-c2ccc(C)c(Br)c2)c1=O. The van der Waals surface area contributed by atoms with Crippen LogP contribution in [0.1, 0.15) is 16.8 Å². The lowest BCUT2D eigenvalue weighted by Crippen LogP contribution is -2.20. The van der Waals surface area contributed by atoms with Crippen molar-refractivity contribution < 1.29 is 0 Å². The number of likely N-dealkylation sites (N-methyl/N-ethyl adjacent to an activating group) is 1. The maximum Gasteiger partial charge on any atom is 0.274 e. The molecular formula is C14H18BrN3O. The second-order valence-corrected chi connectivity index (χ2v) is 5.50. The lowest BCUT2D eigenvalue weighted by molar-refractivity contribution is 0.783. The van der Waals surface area contributed by atoms with Crippen LogP contribution < -0.4 is 10.9 Å². The molecular weight excluding hydrogens is 306 g/mol. The summed E-state index contributed by atoms with van der Waals surface area (Å²) < 4.78 is 2.60. The number of hydrogen-bond acceptors (Lipinski definition) is 2. The molecule has 1 heterocycles. The Balaban J connectivity index is 2.45. The summed E-state index contributed by atoms with van der Waals surface area (Å²) in [4.78, 5) is 12.4. The molecule has 4 nitrogen and oxygen atoms in total. The number of rotatable bonds is 4. The summed E-state index contributed by atoms with van der Waals surface area (Å²) in [6, 6.07) is 5.89. The van der Waals surface area contributed by atoms with Crippen LogP contribution in [0.3, 0.4) is 0 Å². The zero-order valence-corrected chi connectivity index (χ0v) is 13.0. The molecule has 1 aromatic carbocycles. The molecule has 2 N–H and O–H groups in total. The molecule has 0 saturated heterocycles. The van der Waals surface area contributed by atoms with E-state index in [4.69, 9.17) is 0 Å². The minimum Gasteiger partial charge on any atom is -0.319 e. The van der Waals surface area contributed by atoms with Gasteiger partial charge in [-0.1, -0.05) is 22.0 Å². The highest BCUT2D eigenvalue weighted by atomic mass is 79.9. The van der Waals surface area contributed by atoms with Crippen LogP contribution in [0.2, 0.25) is 0 Å². The van der Waals surface area contributed by atoms with Crippen molar-refractivity contribution in [3.8, 4) is 5.69 Å². The molecule has 0 atom stereocenters. The van der Waals surface area contributed by atoms with Crippen LogP contribution in [0.15, 0.2) is 27.5 Å². The first-order valence-corrected chi connectivity index (χ1v) is 7.05. The molecule has 0 amide bonds. The number of aryl methyl sites for hydroxylation is 2. The summed E-state index contributed by atoms with van der Waals surface area (Å²) in [5, 5.41) is 6.21. The highest BCUT2D eigenvalue weighted by Crippen LogP contribution is 2.19. The van der Waals surface area contributed by atoms with E-state index in [1.54, 1.807) is 4.68 Å². The molecule has 0 unspecified atom stereocenters. The number of benzene rings is 1. The van der Waals surface area contributed by atoms with Crippen LogP contribution in [0.25, 0.3) is 5.69 Å². The van der Waals surface area contributed by atoms with E-state index in [-0.39, 0.29) is 5.56 Å². The molecule has 0 aliphatic heterocycles. The average molecular weight is 324 g/mol. The van der Waals surface area contributed by atoms with E-state index >= 15 is 0 Å². The summed E-state index contributed by atoms with van der Waals surface area (Å²) in [6.45, 7) is 4.76. The van der Waals surface area contributed by atoms with Gasteiger partial charge in [0.25, 0.3) is 5.56 Å². The van der Waals surface area contributed by atoms with Crippen molar-refractivity contribution in [2.24, 2.45) is 0 Å². The lowest BCUT2D eigenvalue weighted by Gasteiger charge is -2.04. The van der Waals surface area contributed by atoms with Gasteiger partial charge >= 0.3 is 0 Å². The lowest BCUT2D eigenvalue weighted by atomic mass is 10.2. The summed E-state index contributed by atoms with van der Waals surface area (Å²) in [5.41, 5.74) is 3.79. The first-order valence-electron chi connectivity index (χ1n) is 6.26. The molecule has 19 heavy (non-hydrogen) atoms. The molecule has 0 aliphatic carbocycles. The van der Waals surface area contributed by atoms with Crippen LogP contribution in [-0.2, 0) is 6.42 Å². The number of aromatic nitrogens is 2. The Morgan fingerprint density at radius 3 is 2.74 bits per heavy atom.